The topological polar surface area (TPSA) is 47.3 Å². The molecule has 1 aliphatic carbocycles. The third-order valence-corrected chi connectivity index (χ3v) is 5.82. The second-order valence-corrected chi connectivity index (χ2v) is 6.77. The van der Waals surface area contributed by atoms with Crippen molar-refractivity contribution in [2.24, 2.45) is 11.8 Å². The van der Waals surface area contributed by atoms with Crippen LogP contribution in [0.1, 0.15) is 43.0 Å². The normalized spacial score (nSPS) is 28.0. The average molecular weight is 287 g/mol. The first-order valence-electron chi connectivity index (χ1n) is 6.57. The van der Waals surface area contributed by atoms with E-state index in [4.69, 9.17) is 22.2 Å². The molecule has 2 fully saturated rings. The van der Waals surface area contributed by atoms with Gasteiger partial charge in [-0.1, -0.05) is 11.6 Å². The monoisotopic (exact) mass is 286 g/mol. The van der Waals surface area contributed by atoms with Gasteiger partial charge in [-0.3, -0.25) is 11.3 Å². The van der Waals surface area contributed by atoms with Crippen LogP contribution in [0.3, 0.4) is 0 Å². The molecule has 1 saturated heterocycles. The maximum absolute atomic E-state index is 6.24. The van der Waals surface area contributed by atoms with Crippen molar-refractivity contribution in [1.82, 2.24) is 5.43 Å². The number of hydrogen-bond acceptors (Lipinski definition) is 4. The summed E-state index contributed by atoms with van der Waals surface area (Å²) in [5.74, 6) is 6.30. The maximum Gasteiger partial charge on any atom is 0.0686 e. The predicted molar refractivity (Wildman–Crippen MR) is 74.7 cm³/mol. The quantitative estimate of drug-likeness (QED) is 0.662. The number of ether oxygens (including phenoxy) is 1. The Morgan fingerprint density at radius 1 is 1.56 bits per heavy atom. The molecule has 0 bridgehead atoms. The summed E-state index contributed by atoms with van der Waals surface area (Å²) in [5, 5.41) is 2.86. The Kier molecular flexibility index (Phi) is 3.65. The first kappa shape index (κ1) is 12.9. The molecule has 1 aliphatic heterocycles. The Labute approximate surface area is 117 Å². The zero-order valence-electron chi connectivity index (χ0n) is 10.3. The van der Waals surface area contributed by atoms with Gasteiger partial charge >= 0.3 is 0 Å². The first-order chi connectivity index (χ1) is 8.74. The fourth-order valence-corrected chi connectivity index (χ4v) is 4.55. The van der Waals surface area contributed by atoms with Crippen LogP contribution >= 0.6 is 22.9 Å². The van der Waals surface area contributed by atoms with E-state index in [0.29, 0.717) is 5.92 Å². The smallest absolute Gasteiger partial charge is 0.0686 e. The van der Waals surface area contributed by atoms with Crippen LogP contribution in [-0.4, -0.2) is 12.2 Å². The van der Waals surface area contributed by atoms with Crippen molar-refractivity contribution in [3.63, 3.8) is 0 Å². The highest BCUT2D eigenvalue weighted by molar-refractivity contribution is 7.10. The highest BCUT2D eigenvalue weighted by Gasteiger charge is 2.44. The predicted octanol–water partition coefficient (Wildman–Crippen LogP) is 3.26. The number of nitrogens with one attached hydrogen (secondary N) is 1. The lowest BCUT2D eigenvalue weighted by Crippen LogP contribution is -2.48. The summed E-state index contributed by atoms with van der Waals surface area (Å²) >= 11 is 7.92. The summed E-state index contributed by atoms with van der Waals surface area (Å²) < 4.78 is 5.98. The van der Waals surface area contributed by atoms with Crippen LogP contribution in [0.25, 0.3) is 0 Å². The molecule has 2 unspecified atom stereocenters. The molecule has 3 N–H and O–H groups in total. The first-order valence-corrected chi connectivity index (χ1v) is 7.83. The van der Waals surface area contributed by atoms with Crippen molar-refractivity contribution in [3.05, 3.63) is 21.3 Å². The van der Waals surface area contributed by atoms with Crippen LogP contribution in [0.2, 0.25) is 5.02 Å². The van der Waals surface area contributed by atoms with Crippen LogP contribution in [0.15, 0.2) is 11.4 Å². The lowest BCUT2D eigenvalue weighted by Gasteiger charge is -2.48. The molecule has 2 atom stereocenters. The van der Waals surface area contributed by atoms with E-state index < -0.39 is 0 Å². The molecule has 1 aromatic rings. The summed E-state index contributed by atoms with van der Waals surface area (Å²) in [6.07, 6.45) is 5.88. The van der Waals surface area contributed by atoms with E-state index in [1.54, 1.807) is 11.3 Å². The second kappa shape index (κ2) is 5.10. The van der Waals surface area contributed by atoms with E-state index in [-0.39, 0.29) is 11.6 Å². The molecule has 2 aliphatic rings. The van der Waals surface area contributed by atoms with Crippen molar-refractivity contribution < 1.29 is 4.74 Å². The fraction of sp³-hybridized carbons (Fsp3) is 0.692. The van der Waals surface area contributed by atoms with Gasteiger partial charge in [0.25, 0.3) is 0 Å². The van der Waals surface area contributed by atoms with Crippen LogP contribution in [-0.2, 0) is 4.74 Å². The van der Waals surface area contributed by atoms with Gasteiger partial charge in [-0.2, -0.15) is 0 Å². The zero-order chi connectivity index (χ0) is 12.6. The summed E-state index contributed by atoms with van der Waals surface area (Å²) in [4.78, 5) is 1.17. The lowest BCUT2D eigenvalue weighted by molar-refractivity contribution is -0.147. The number of halogens is 1. The van der Waals surface area contributed by atoms with Crippen molar-refractivity contribution in [1.29, 1.82) is 0 Å². The van der Waals surface area contributed by atoms with Gasteiger partial charge in [0.2, 0.25) is 0 Å². The van der Waals surface area contributed by atoms with Gasteiger partial charge < -0.3 is 4.74 Å². The van der Waals surface area contributed by atoms with Gasteiger partial charge in [0.05, 0.1) is 16.7 Å². The van der Waals surface area contributed by atoms with E-state index in [1.807, 2.05) is 11.4 Å². The van der Waals surface area contributed by atoms with Crippen LogP contribution in [0, 0.1) is 5.92 Å². The molecule has 100 valence electrons. The Bertz CT molecular complexity index is 419. The van der Waals surface area contributed by atoms with Crippen molar-refractivity contribution in [3.8, 4) is 0 Å². The van der Waals surface area contributed by atoms with E-state index in [2.05, 4.69) is 5.43 Å². The molecular weight excluding hydrogens is 268 g/mol. The molecule has 0 aromatic carbocycles. The third-order valence-electron chi connectivity index (χ3n) is 4.37. The number of thiophene rings is 1. The van der Waals surface area contributed by atoms with E-state index in [9.17, 15) is 0 Å². The summed E-state index contributed by atoms with van der Waals surface area (Å²) in [5.41, 5.74) is 3.13. The highest BCUT2D eigenvalue weighted by Crippen LogP contribution is 2.48. The molecule has 2 heterocycles. The molecule has 1 spiro atoms. The fourth-order valence-electron chi connectivity index (χ4n) is 3.22. The average Bonchev–Trinajstić information content (AvgIpc) is 2.75. The Hall–Kier alpha value is -0.130. The van der Waals surface area contributed by atoms with Gasteiger partial charge in [0, 0.05) is 11.5 Å². The van der Waals surface area contributed by atoms with E-state index in [0.717, 1.165) is 24.5 Å². The Balaban J connectivity index is 1.77. The van der Waals surface area contributed by atoms with E-state index in [1.165, 1.54) is 24.1 Å². The van der Waals surface area contributed by atoms with Crippen molar-refractivity contribution >= 4 is 22.9 Å². The molecule has 3 rings (SSSR count). The lowest BCUT2D eigenvalue weighted by atomic mass is 9.70. The van der Waals surface area contributed by atoms with Crippen LogP contribution in [0.4, 0.5) is 0 Å². The minimum atomic E-state index is 0.155. The number of hydrogen-bond donors (Lipinski definition) is 2. The molecule has 18 heavy (non-hydrogen) atoms. The van der Waals surface area contributed by atoms with E-state index >= 15 is 0 Å². The van der Waals surface area contributed by atoms with Gasteiger partial charge in [0.15, 0.2) is 0 Å². The number of rotatable bonds is 3. The molecule has 0 amide bonds. The minimum absolute atomic E-state index is 0.155. The Morgan fingerprint density at radius 2 is 2.39 bits per heavy atom. The Morgan fingerprint density at radius 3 is 2.94 bits per heavy atom. The molecule has 3 nitrogen and oxygen atoms in total. The molecular formula is C13H19ClN2OS. The van der Waals surface area contributed by atoms with Crippen LogP contribution < -0.4 is 11.3 Å². The summed E-state index contributed by atoms with van der Waals surface area (Å²) in [6.45, 7) is 0.853. The van der Waals surface area contributed by atoms with Crippen LogP contribution in [0.5, 0.6) is 0 Å². The SMILES string of the molecule is NNC(c1sccc1Cl)C1CCOC2(CCC2)C1. The van der Waals surface area contributed by atoms with Crippen molar-refractivity contribution in [2.45, 2.75) is 43.7 Å². The molecule has 1 aromatic heterocycles. The summed E-state index contributed by atoms with van der Waals surface area (Å²) in [7, 11) is 0. The standard InChI is InChI=1S/C13H19ClN2OS/c14-10-3-7-18-12(10)11(16-15)9-2-6-17-13(8-9)4-1-5-13/h3,7,9,11,16H,1-2,4-6,8,15H2. The van der Waals surface area contributed by atoms with Gasteiger partial charge in [0.1, 0.15) is 0 Å². The summed E-state index contributed by atoms with van der Waals surface area (Å²) in [6, 6.07) is 2.11. The van der Waals surface area contributed by atoms with Crippen molar-refractivity contribution in [2.75, 3.05) is 6.61 Å². The van der Waals surface area contributed by atoms with Gasteiger partial charge in [-0.05, 0) is 49.5 Å². The minimum Gasteiger partial charge on any atom is -0.375 e. The number of nitrogens with two attached hydrogens (primary N) is 1. The highest BCUT2D eigenvalue weighted by atomic mass is 35.5. The third kappa shape index (κ3) is 2.21. The zero-order valence-corrected chi connectivity index (χ0v) is 11.9. The number of hydrazine groups is 1. The van der Waals surface area contributed by atoms with Gasteiger partial charge in [-0.15, -0.1) is 11.3 Å². The largest absolute Gasteiger partial charge is 0.375 e. The molecule has 1 saturated carbocycles. The second-order valence-electron chi connectivity index (χ2n) is 5.42. The van der Waals surface area contributed by atoms with Gasteiger partial charge in [-0.25, -0.2) is 0 Å². The maximum atomic E-state index is 6.24. The molecule has 5 heteroatoms. The molecule has 0 radical (unpaired) electrons.